The van der Waals surface area contributed by atoms with Crippen molar-refractivity contribution in [2.75, 3.05) is 5.73 Å². The fraction of sp³-hybridized carbons (Fsp3) is 0.312. The molecule has 0 amide bonds. The molecule has 0 aromatic carbocycles. The van der Waals surface area contributed by atoms with Gasteiger partial charge >= 0.3 is 0 Å². The van der Waals surface area contributed by atoms with Gasteiger partial charge in [0, 0.05) is 16.0 Å². The Kier molecular flexibility index (Phi) is 4.46. The van der Waals surface area contributed by atoms with Crippen molar-refractivity contribution in [1.29, 1.82) is 0 Å². The molecule has 23 heavy (non-hydrogen) atoms. The van der Waals surface area contributed by atoms with Crippen molar-refractivity contribution in [3.63, 3.8) is 0 Å². The molecule has 0 unspecified atom stereocenters. The van der Waals surface area contributed by atoms with Crippen LogP contribution < -0.4 is 5.73 Å². The maximum atomic E-state index is 6.28. The van der Waals surface area contributed by atoms with Gasteiger partial charge < -0.3 is 10.3 Å². The number of nitrogens with zero attached hydrogens (tertiary/aromatic N) is 4. The Bertz CT molecular complexity index is 903. The number of aryl methyl sites for hydroxylation is 2. The number of rotatable bonds is 3. The smallest absolute Gasteiger partial charge is 0.223 e. The Morgan fingerprint density at radius 3 is 2.74 bits per heavy atom. The molecule has 120 valence electrons. The molecule has 0 saturated carbocycles. The quantitative estimate of drug-likeness (QED) is 0.494. The molecule has 3 heterocycles. The highest BCUT2D eigenvalue weighted by Gasteiger charge is 2.16. The second-order valence-electron chi connectivity index (χ2n) is 5.53. The van der Waals surface area contributed by atoms with E-state index < -0.39 is 0 Å². The Morgan fingerprint density at radius 2 is 2.04 bits per heavy atom. The summed E-state index contributed by atoms with van der Waals surface area (Å²) in [5, 5.41) is 1.29. The van der Waals surface area contributed by atoms with Gasteiger partial charge in [0.25, 0.3) is 0 Å². The predicted molar refractivity (Wildman–Crippen MR) is 102 cm³/mol. The standard InChI is InChI=1S/C16H17ClIN5/c1-4-10-6-23(15-12(10)14(17)21-16(19)22-15)7-11-9(3)13(18)8(2)5-20-11/h5-6H,4,7H2,1-3H3,(H2,19,21,22). The number of pyridine rings is 1. The number of aromatic nitrogens is 4. The third kappa shape index (κ3) is 2.89. The van der Waals surface area contributed by atoms with Gasteiger partial charge in [-0.05, 0) is 59.5 Å². The van der Waals surface area contributed by atoms with Crippen LogP contribution in [0.2, 0.25) is 5.15 Å². The van der Waals surface area contributed by atoms with Crippen LogP contribution in [0.4, 0.5) is 5.95 Å². The summed E-state index contributed by atoms with van der Waals surface area (Å²) in [5.41, 5.74) is 11.1. The predicted octanol–water partition coefficient (Wildman–Crippen LogP) is 3.89. The summed E-state index contributed by atoms with van der Waals surface area (Å²) >= 11 is 8.64. The summed E-state index contributed by atoms with van der Waals surface area (Å²) in [6, 6.07) is 0. The van der Waals surface area contributed by atoms with Gasteiger partial charge in [0.2, 0.25) is 5.95 Å². The minimum atomic E-state index is 0.188. The molecule has 0 radical (unpaired) electrons. The summed E-state index contributed by atoms with van der Waals surface area (Å²) < 4.78 is 3.30. The summed E-state index contributed by atoms with van der Waals surface area (Å²) in [4.78, 5) is 13.0. The van der Waals surface area contributed by atoms with E-state index in [2.05, 4.69) is 69.1 Å². The van der Waals surface area contributed by atoms with E-state index >= 15 is 0 Å². The first kappa shape index (κ1) is 16.4. The van der Waals surface area contributed by atoms with Gasteiger partial charge in [-0.15, -0.1) is 0 Å². The number of hydrogen-bond acceptors (Lipinski definition) is 4. The van der Waals surface area contributed by atoms with Gasteiger partial charge in [0.1, 0.15) is 10.8 Å². The minimum Gasteiger partial charge on any atom is -0.368 e. The molecule has 3 aromatic rings. The molecule has 0 aliphatic heterocycles. The lowest BCUT2D eigenvalue weighted by atomic mass is 10.1. The summed E-state index contributed by atoms with van der Waals surface area (Å²) in [6.07, 6.45) is 4.83. The van der Waals surface area contributed by atoms with Gasteiger partial charge in [-0.3, -0.25) is 4.98 Å². The van der Waals surface area contributed by atoms with E-state index in [1.54, 1.807) is 0 Å². The van der Waals surface area contributed by atoms with Crippen LogP contribution in [0, 0.1) is 17.4 Å². The minimum absolute atomic E-state index is 0.188. The lowest BCUT2D eigenvalue weighted by Gasteiger charge is -2.10. The average Bonchev–Trinajstić information content (AvgIpc) is 2.86. The van der Waals surface area contributed by atoms with Crippen LogP contribution in [-0.4, -0.2) is 19.5 Å². The van der Waals surface area contributed by atoms with Crippen LogP contribution in [0.3, 0.4) is 0 Å². The molecule has 2 N–H and O–H groups in total. The van der Waals surface area contributed by atoms with Gasteiger partial charge in [-0.1, -0.05) is 18.5 Å². The molecule has 0 fully saturated rings. The van der Waals surface area contributed by atoms with E-state index in [1.165, 1.54) is 14.7 Å². The number of nitrogen functional groups attached to an aromatic ring is 1. The SMILES string of the molecule is CCc1cn(Cc2ncc(C)c(I)c2C)c2nc(N)nc(Cl)c12. The van der Waals surface area contributed by atoms with Gasteiger partial charge in [0.05, 0.1) is 17.6 Å². The molecule has 5 nitrogen and oxygen atoms in total. The second-order valence-corrected chi connectivity index (χ2v) is 6.97. The first-order valence-electron chi connectivity index (χ1n) is 7.33. The zero-order chi connectivity index (χ0) is 16.7. The Morgan fingerprint density at radius 1 is 1.30 bits per heavy atom. The highest BCUT2D eigenvalue weighted by Crippen LogP contribution is 2.28. The van der Waals surface area contributed by atoms with Gasteiger partial charge in [-0.2, -0.15) is 4.98 Å². The second kappa shape index (κ2) is 6.24. The zero-order valence-electron chi connectivity index (χ0n) is 13.2. The molecule has 0 aliphatic carbocycles. The van der Waals surface area contributed by atoms with Crippen molar-refractivity contribution >= 4 is 51.2 Å². The topological polar surface area (TPSA) is 69.6 Å². The molecule has 0 aliphatic rings. The fourth-order valence-corrected chi connectivity index (χ4v) is 3.44. The van der Waals surface area contributed by atoms with Crippen molar-refractivity contribution < 1.29 is 0 Å². The lowest BCUT2D eigenvalue weighted by Crippen LogP contribution is -2.06. The molecular formula is C16H17ClIN5. The van der Waals surface area contributed by atoms with E-state index in [9.17, 15) is 0 Å². The van der Waals surface area contributed by atoms with E-state index in [-0.39, 0.29) is 5.95 Å². The highest BCUT2D eigenvalue weighted by atomic mass is 127. The normalized spacial score (nSPS) is 11.3. The van der Waals surface area contributed by atoms with Crippen molar-refractivity contribution in [3.8, 4) is 0 Å². The van der Waals surface area contributed by atoms with E-state index in [0.717, 1.165) is 28.7 Å². The first-order valence-corrected chi connectivity index (χ1v) is 8.79. The Hall–Kier alpha value is -1.41. The molecule has 3 aromatic heterocycles. The van der Waals surface area contributed by atoms with E-state index in [0.29, 0.717) is 11.7 Å². The van der Waals surface area contributed by atoms with Crippen molar-refractivity contribution in [3.05, 3.63) is 43.5 Å². The lowest BCUT2D eigenvalue weighted by molar-refractivity contribution is 0.783. The molecule has 0 atom stereocenters. The fourth-order valence-electron chi connectivity index (χ4n) is 2.70. The summed E-state index contributed by atoms with van der Waals surface area (Å²) in [7, 11) is 0. The van der Waals surface area contributed by atoms with Crippen LogP contribution in [0.15, 0.2) is 12.4 Å². The third-order valence-electron chi connectivity index (χ3n) is 3.99. The first-order chi connectivity index (χ1) is 10.9. The summed E-state index contributed by atoms with van der Waals surface area (Å²) in [6.45, 7) is 6.88. The molecular weight excluding hydrogens is 425 g/mol. The maximum Gasteiger partial charge on any atom is 0.223 e. The zero-order valence-corrected chi connectivity index (χ0v) is 16.1. The average molecular weight is 442 g/mol. The number of anilines is 1. The molecule has 0 saturated heterocycles. The Labute approximate surface area is 153 Å². The van der Waals surface area contributed by atoms with Crippen molar-refractivity contribution in [2.24, 2.45) is 0 Å². The maximum absolute atomic E-state index is 6.28. The van der Waals surface area contributed by atoms with E-state index in [4.69, 9.17) is 17.3 Å². The van der Waals surface area contributed by atoms with Crippen molar-refractivity contribution in [1.82, 2.24) is 19.5 Å². The number of fused-ring (bicyclic) bond motifs is 1. The third-order valence-corrected chi connectivity index (χ3v) is 5.92. The molecule has 0 bridgehead atoms. The molecule has 0 spiro atoms. The van der Waals surface area contributed by atoms with Crippen LogP contribution in [0.25, 0.3) is 11.0 Å². The summed E-state index contributed by atoms with van der Waals surface area (Å²) in [5.74, 6) is 0.188. The van der Waals surface area contributed by atoms with Crippen LogP contribution >= 0.6 is 34.2 Å². The van der Waals surface area contributed by atoms with E-state index in [1.807, 2.05) is 6.20 Å². The molecule has 3 rings (SSSR count). The van der Waals surface area contributed by atoms with Gasteiger partial charge in [-0.25, -0.2) is 4.98 Å². The van der Waals surface area contributed by atoms with Gasteiger partial charge in [0.15, 0.2) is 0 Å². The molecule has 7 heteroatoms. The van der Waals surface area contributed by atoms with Crippen LogP contribution in [0.5, 0.6) is 0 Å². The Balaban J connectivity index is 2.16. The van der Waals surface area contributed by atoms with Crippen LogP contribution in [0.1, 0.15) is 29.3 Å². The van der Waals surface area contributed by atoms with Crippen LogP contribution in [-0.2, 0) is 13.0 Å². The number of hydrogen-bond donors (Lipinski definition) is 1. The monoisotopic (exact) mass is 441 g/mol. The van der Waals surface area contributed by atoms with Crippen molar-refractivity contribution in [2.45, 2.75) is 33.7 Å². The highest BCUT2D eigenvalue weighted by molar-refractivity contribution is 14.1. The number of halogens is 2. The number of nitrogens with two attached hydrogens (primary N) is 1. The largest absolute Gasteiger partial charge is 0.368 e.